The number of fused-ring (bicyclic) bond motifs is 1. The second-order valence-corrected chi connectivity index (χ2v) is 5.85. The van der Waals surface area contributed by atoms with Crippen LogP contribution in [0, 0.1) is 0 Å². The molecule has 0 saturated heterocycles. The Morgan fingerprint density at radius 3 is 2.36 bits per heavy atom. The van der Waals surface area contributed by atoms with Gasteiger partial charge in [0.25, 0.3) is 5.52 Å². The van der Waals surface area contributed by atoms with Gasteiger partial charge in [0.05, 0.1) is 5.39 Å². The zero-order valence-corrected chi connectivity index (χ0v) is 15.6. The number of hydrogen-bond acceptors (Lipinski definition) is 2. The van der Waals surface area contributed by atoms with Crippen molar-refractivity contribution < 1.29 is 22.0 Å². The van der Waals surface area contributed by atoms with Crippen LogP contribution in [0.5, 0.6) is 0 Å². The van der Waals surface area contributed by atoms with E-state index in [0.29, 0.717) is 6.61 Å². The van der Waals surface area contributed by atoms with Gasteiger partial charge in [-0.05, 0) is 36.2 Å². The normalized spacial score (nSPS) is 10.7. The van der Waals surface area contributed by atoms with E-state index >= 15 is 0 Å². The number of hydrogen-bond donors (Lipinski definition) is 0. The zero-order chi connectivity index (χ0) is 16.9. The predicted octanol–water partition coefficient (Wildman–Crippen LogP) is 0.816. The van der Waals surface area contributed by atoms with E-state index in [9.17, 15) is 0 Å². The van der Waals surface area contributed by atoms with E-state index in [-0.39, 0.29) is 12.4 Å². The van der Waals surface area contributed by atoms with Crippen molar-refractivity contribution in [3.63, 3.8) is 0 Å². The Hall–Kier alpha value is -2.52. The van der Waals surface area contributed by atoms with Crippen LogP contribution in [0.1, 0.15) is 18.1 Å². The van der Waals surface area contributed by atoms with Crippen molar-refractivity contribution in [1.29, 1.82) is 0 Å². The maximum absolute atomic E-state index is 5.66. The Morgan fingerprint density at radius 2 is 1.68 bits per heavy atom. The van der Waals surface area contributed by atoms with E-state index in [4.69, 9.17) is 4.84 Å². The Labute approximate surface area is 155 Å². The first kappa shape index (κ1) is 18.8. The van der Waals surface area contributed by atoms with Crippen LogP contribution < -0.4 is 26.9 Å². The molecule has 0 saturated carbocycles. The van der Waals surface area contributed by atoms with Crippen LogP contribution in [-0.2, 0) is 0 Å². The molecule has 0 aliphatic heterocycles. The predicted molar refractivity (Wildman–Crippen MR) is 101 cm³/mol. The van der Waals surface area contributed by atoms with E-state index < -0.39 is 0 Å². The quantitative estimate of drug-likeness (QED) is 0.631. The highest BCUT2D eigenvalue weighted by molar-refractivity contribution is 5.88. The summed E-state index contributed by atoms with van der Waals surface area (Å²) in [6, 6.07) is 18.9. The fourth-order valence-corrected chi connectivity index (χ4v) is 2.69. The van der Waals surface area contributed by atoms with Crippen molar-refractivity contribution in [2.75, 3.05) is 25.6 Å². The molecule has 0 radical (unpaired) electrons. The van der Waals surface area contributed by atoms with Gasteiger partial charge in [-0.15, -0.1) is 0 Å². The molecule has 0 unspecified atom stereocenters. The number of halogens is 1. The molecule has 3 rings (SSSR count). The molecule has 1 aromatic heterocycles. The largest absolute Gasteiger partial charge is 1.00 e. The van der Waals surface area contributed by atoms with Crippen LogP contribution in [0.2, 0.25) is 0 Å². The first-order valence-corrected chi connectivity index (χ1v) is 8.21. The van der Waals surface area contributed by atoms with Crippen molar-refractivity contribution in [2.45, 2.75) is 6.92 Å². The minimum Gasteiger partial charge on any atom is -1.00 e. The van der Waals surface area contributed by atoms with Crippen molar-refractivity contribution in [3.8, 4) is 0 Å². The number of pyridine rings is 1. The van der Waals surface area contributed by atoms with Crippen LogP contribution >= 0.6 is 0 Å². The van der Waals surface area contributed by atoms with Crippen molar-refractivity contribution >= 4 is 28.7 Å². The number of aromatic nitrogens is 1. The molecule has 0 N–H and O–H groups in total. The lowest BCUT2D eigenvalue weighted by Crippen LogP contribution is -3.00. The van der Waals surface area contributed by atoms with Gasteiger partial charge in [0.1, 0.15) is 0 Å². The third-order valence-electron chi connectivity index (χ3n) is 3.97. The molecule has 0 fully saturated rings. The summed E-state index contributed by atoms with van der Waals surface area (Å²) in [5, 5.41) is 1.18. The maximum Gasteiger partial charge on any atom is 0.265 e. The van der Waals surface area contributed by atoms with E-state index in [2.05, 4.69) is 79.7 Å². The van der Waals surface area contributed by atoms with E-state index in [1.807, 2.05) is 23.9 Å². The topological polar surface area (TPSA) is 16.4 Å². The van der Waals surface area contributed by atoms with Gasteiger partial charge in [-0.2, -0.15) is 0 Å². The number of anilines is 1. The minimum atomic E-state index is 0. The molecule has 25 heavy (non-hydrogen) atoms. The molecule has 2 aromatic carbocycles. The van der Waals surface area contributed by atoms with Gasteiger partial charge in [0.15, 0.2) is 6.61 Å². The highest BCUT2D eigenvalue weighted by Gasteiger charge is 2.11. The maximum atomic E-state index is 5.66. The van der Waals surface area contributed by atoms with Crippen LogP contribution in [0.4, 0.5) is 5.69 Å². The molecule has 0 aliphatic carbocycles. The molecule has 0 spiro atoms. The third-order valence-corrected chi connectivity index (χ3v) is 3.97. The van der Waals surface area contributed by atoms with Gasteiger partial charge in [-0.3, -0.25) is 4.84 Å². The molecule has 0 atom stereocenters. The average Bonchev–Trinajstić information content (AvgIpc) is 2.61. The molecule has 4 heteroatoms. The number of para-hydroxylation sites is 1. The highest BCUT2D eigenvalue weighted by Crippen LogP contribution is 2.19. The van der Waals surface area contributed by atoms with Crippen molar-refractivity contribution in [1.82, 2.24) is 0 Å². The summed E-state index contributed by atoms with van der Waals surface area (Å²) in [6.45, 7) is 2.63. The fraction of sp³-hybridized carbons (Fsp3) is 0.190. The van der Waals surface area contributed by atoms with Crippen LogP contribution in [-0.4, -0.2) is 20.7 Å². The van der Waals surface area contributed by atoms with Gasteiger partial charge in [0, 0.05) is 36.6 Å². The fourth-order valence-electron chi connectivity index (χ4n) is 2.69. The first-order valence-electron chi connectivity index (χ1n) is 8.21. The Bertz CT molecular complexity index is 857. The molecule has 1 heterocycles. The summed E-state index contributed by atoms with van der Waals surface area (Å²) in [7, 11) is 4.10. The Balaban J connectivity index is 0.00000225. The SMILES string of the molecule is CCO[n+]1ccc(/C=C/c2ccc(N(C)C)cc2)c2ccccc21.[Cl-]. The molecule has 3 aromatic rings. The first-order chi connectivity index (χ1) is 11.7. The number of nitrogens with zero attached hydrogens (tertiary/aromatic N) is 2. The molecule has 130 valence electrons. The molecular weight excluding hydrogens is 332 g/mol. The second-order valence-electron chi connectivity index (χ2n) is 5.85. The Kier molecular flexibility index (Phi) is 6.43. The average molecular weight is 355 g/mol. The summed E-state index contributed by atoms with van der Waals surface area (Å²) in [5.74, 6) is 0. The summed E-state index contributed by atoms with van der Waals surface area (Å²) in [6.07, 6.45) is 6.27. The zero-order valence-electron chi connectivity index (χ0n) is 14.8. The van der Waals surface area contributed by atoms with E-state index in [1.54, 1.807) is 0 Å². The smallest absolute Gasteiger partial charge is 0.265 e. The lowest BCUT2D eigenvalue weighted by molar-refractivity contribution is -0.870. The summed E-state index contributed by atoms with van der Waals surface area (Å²) >= 11 is 0. The van der Waals surface area contributed by atoms with E-state index in [0.717, 1.165) is 5.52 Å². The van der Waals surface area contributed by atoms with Gasteiger partial charge in [-0.25, -0.2) is 0 Å². The molecule has 0 bridgehead atoms. The summed E-state index contributed by atoms with van der Waals surface area (Å²) in [4.78, 5) is 7.76. The Morgan fingerprint density at radius 1 is 0.960 bits per heavy atom. The molecular formula is C21H23ClN2O. The van der Waals surface area contributed by atoms with Crippen LogP contribution in [0.3, 0.4) is 0 Å². The minimum absolute atomic E-state index is 0. The van der Waals surface area contributed by atoms with Gasteiger partial charge < -0.3 is 17.3 Å². The van der Waals surface area contributed by atoms with Crippen LogP contribution in [0.25, 0.3) is 23.1 Å². The molecule has 3 nitrogen and oxygen atoms in total. The number of rotatable bonds is 5. The van der Waals surface area contributed by atoms with E-state index in [1.165, 1.54) is 22.2 Å². The third kappa shape index (κ3) is 4.31. The van der Waals surface area contributed by atoms with Crippen molar-refractivity contribution in [2.24, 2.45) is 0 Å². The monoisotopic (exact) mass is 354 g/mol. The summed E-state index contributed by atoms with van der Waals surface area (Å²) < 4.78 is 1.83. The molecule has 0 aliphatic rings. The lowest BCUT2D eigenvalue weighted by Gasteiger charge is -2.11. The lowest BCUT2D eigenvalue weighted by atomic mass is 10.1. The van der Waals surface area contributed by atoms with Gasteiger partial charge in [-0.1, -0.05) is 36.4 Å². The van der Waals surface area contributed by atoms with Gasteiger partial charge >= 0.3 is 0 Å². The number of benzene rings is 2. The summed E-state index contributed by atoms with van der Waals surface area (Å²) in [5.41, 5.74) is 4.64. The standard InChI is InChI=1S/C21H23N2O.ClH/c1-4-24-23-16-15-18(20-7-5-6-8-21(20)23)12-9-17-10-13-19(14-11-17)22(2)3;/h5-16H,4H2,1-3H3;1H/q+1;/p-1. The van der Waals surface area contributed by atoms with Gasteiger partial charge in [0.2, 0.25) is 6.20 Å². The second kappa shape index (κ2) is 8.54. The van der Waals surface area contributed by atoms with Crippen LogP contribution in [0.15, 0.2) is 60.8 Å². The molecule has 0 amide bonds. The highest BCUT2D eigenvalue weighted by atomic mass is 35.5. The van der Waals surface area contributed by atoms with Crippen molar-refractivity contribution in [3.05, 3.63) is 71.9 Å².